The van der Waals surface area contributed by atoms with Crippen LogP contribution in [0.2, 0.25) is 0 Å². The number of rotatable bonds is 2. The highest BCUT2D eigenvalue weighted by Crippen LogP contribution is 2.38. The smallest absolute Gasteiger partial charge is 0.323 e. The van der Waals surface area contributed by atoms with E-state index in [-0.39, 0.29) is 24.1 Å². The van der Waals surface area contributed by atoms with Crippen LogP contribution in [0.15, 0.2) is 18.2 Å². The lowest BCUT2D eigenvalue weighted by Crippen LogP contribution is -2.54. The summed E-state index contributed by atoms with van der Waals surface area (Å²) in [7, 11) is 0. The van der Waals surface area contributed by atoms with E-state index in [1.165, 1.54) is 11.0 Å². The Bertz CT molecular complexity index is 812. The molecule has 1 aromatic rings. The summed E-state index contributed by atoms with van der Waals surface area (Å²) in [6.45, 7) is 2.00. The van der Waals surface area contributed by atoms with E-state index < -0.39 is 23.3 Å². The molecule has 1 aliphatic carbocycles. The molecule has 1 saturated carbocycles. The number of halogens is 1. The normalized spacial score (nSPS) is 27.7. The fraction of sp³-hybridized carbons (Fsp3) is 0.550. The molecule has 3 aliphatic rings. The lowest BCUT2D eigenvalue weighted by Gasteiger charge is -2.37. The van der Waals surface area contributed by atoms with Crippen LogP contribution in [0.4, 0.5) is 14.9 Å². The van der Waals surface area contributed by atoms with E-state index in [2.05, 4.69) is 5.32 Å². The fourth-order valence-electron chi connectivity index (χ4n) is 4.71. The first-order valence-corrected chi connectivity index (χ1v) is 9.66. The van der Waals surface area contributed by atoms with Crippen molar-refractivity contribution >= 4 is 23.5 Å². The first-order valence-electron chi connectivity index (χ1n) is 9.66. The molecule has 1 saturated heterocycles. The van der Waals surface area contributed by atoms with Gasteiger partial charge in [-0.1, -0.05) is 31.9 Å². The Morgan fingerprint density at radius 1 is 1.30 bits per heavy atom. The summed E-state index contributed by atoms with van der Waals surface area (Å²) in [6.07, 6.45) is 4.82. The van der Waals surface area contributed by atoms with Gasteiger partial charge in [-0.25, -0.2) is 9.18 Å². The Morgan fingerprint density at radius 2 is 2.11 bits per heavy atom. The molecule has 2 aliphatic heterocycles. The Labute approximate surface area is 157 Å². The lowest BCUT2D eigenvalue weighted by molar-refractivity contribution is -0.136. The number of hydrogen-bond donors (Lipinski definition) is 1. The van der Waals surface area contributed by atoms with Crippen molar-refractivity contribution in [3.8, 4) is 0 Å². The van der Waals surface area contributed by atoms with Crippen molar-refractivity contribution in [1.82, 2.24) is 10.2 Å². The number of fused-ring (bicyclic) bond motifs is 1. The van der Waals surface area contributed by atoms with Crippen molar-refractivity contribution in [2.45, 2.75) is 51.0 Å². The Kier molecular flexibility index (Phi) is 4.40. The van der Waals surface area contributed by atoms with Crippen molar-refractivity contribution in [3.05, 3.63) is 29.6 Å². The minimum atomic E-state index is -0.888. The summed E-state index contributed by atoms with van der Waals surface area (Å²) in [5.41, 5.74) is 0.173. The maximum absolute atomic E-state index is 14.3. The minimum absolute atomic E-state index is 0.0379. The number of nitrogens with zero attached hydrogens (tertiary/aromatic N) is 2. The molecule has 2 unspecified atom stereocenters. The zero-order valence-corrected chi connectivity index (χ0v) is 15.5. The average Bonchev–Trinajstić information content (AvgIpc) is 2.89. The zero-order chi connectivity index (χ0) is 19.2. The van der Waals surface area contributed by atoms with Gasteiger partial charge in [0, 0.05) is 6.54 Å². The molecule has 1 spiro atoms. The number of nitrogens with one attached hydrogen (secondary N) is 1. The van der Waals surface area contributed by atoms with Crippen molar-refractivity contribution in [2.75, 3.05) is 18.0 Å². The SMILES string of the molecule is CC1CCCCC12NC(=O)N(CC(=O)N1CCCc3cccc(F)c31)C2=O. The molecule has 0 radical (unpaired) electrons. The van der Waals surface area contributed by atoms with Crippen LogP contribution in [0, 0.1) is 11.7 Å². The Hall–Kier alpha value is -2.44. The summed E-state index contributed by atoms with van der Waals surface area (Å²) in [6, 6.07) is 4.25. The predicted molar refractivity (Wildman–Crippen MR) is 97.7 cm³/mol. The molecule has 4 rings (SSSR count). The maximum atomic E-state index is 14.3. The monoisotopic (exact) mass is 373 g/mol. The number of para-hydroxylation sites is 1. The van der Waals surface area contributed by atoms with Crippen molar-refractivity contribution in [1.29, 1.82) is 0 Å². The van der Waals surface area contributed by atoms with Crippen LogP contribution < -0.4 is 10.2 Å². The largest absolute Gasteiger partial charge is 0.325 e. The van der Waals surface area contributed by atoms with E-state index in [1.54, 1.807) is 6.07 Å². The zero-order valence-electron chi connectivity index (χ0n) is 15.5. The summed E-state index contributed by atoms with van der Waals surface area (Å²) < 4.78 is 14.3. The van der Waals surface area contributed by atoms with E-state index in [0.29, 0.717) is 19.4 Å². The maximum Gasteiger partial charge on any atom is 0.325 e. The average molecular weight is 373 g/mol. The third-order valence-electron chi connectivity index (χ3n) is 6.26. The van der Waals surface area contributed by atoms with Gasteiger partial charge in [-0.15, -0.1) is 0 Å². The van der Waals surface area contributed by atoms with Gasteiger partial charge in [0.25, 0.3) is 5.91 Å². The van der Waals surface area contributed by atoms with Gasteiger partial charge < -0.3 is 10.2 Å². The predicted octanol–water partition coefficient (Wildman–Crippen LogP) is 2.61. The van der Waals surface area contributed by atoms with E-state index in [9.17, 15) is 18.8 Å². The number of carbonyl (C=O) groups excluding carboxylic acids is 3. The summed E-state index contributed by atoms with van der Waals surface area (Å²) in [5.74, 6) is -1.16. The van der Waals surface area contributed by atoms with E-state index >= 15 is 0 Å². The molecule has 27 heavy (non-hydrogen) atoms. The molecule has 2 atom stereocenters. The van der Waals surface area contributed by atoms with Gasteiger partial charge in [-0.3, -0.25) is 14.5 Å². The lowest BCUT2D eigenvalue weighted by atomic mass is 9.73. The number of imide groups is 1. The second kappa shape index (κ2) is 6.62. The van der Waals surface area contributed by atoms with Gasteiger partial charge >= 0.3 is 6.03 Å². The number of amides is 4. The standard InChI is InChI=1S/C20H24FN3O3/c1-13-6-2-3-10-20(13)18(26)24(19(27)22-20)12-16(25)23-11-5-8-14-7-4-9-15(21)17(14)23/h4,7,9,13H,2-3,5-6,8,10-12H2,1H3,(H,22,27). The first kappa shape index (κ1) is 17.9. The highest BCUT2D eigenvalue weighted by atomic mass is 19.1. The third kappa shape index (κ3) is 2.80. The number of carbonyl (C=O) groups is 3. The summed E-state index contributed by atoms with van der Waals surface area (Å²) in [4.78, 5) is 40.8. The van der Waals surface area contributed by atoms with Crippen LogP contribution in [0.25, 0.3) is 0 Å². The second-order valence-corrected chi connectivity index (χ2v) is 7.84. The third-order valence-corrected chi connectivity index (χ3v) is 6.26. The number of anilines is 1. The molecule has 2 heterocycles. The van der Waals surface area contributed by atoms with Gasteiger partial charge in [0.15, 0.2) is 0 Å². The van der Waals surface area contributed by atoms with Crippen LogP contribution in [0.1, 0.15) is 44.6 Å². The van der Waals surface area contributed by atoms with Gasteiger partial charge in [0.05, 0.1) is 5.69 Å². The molecule has 1 aromatic carbocycles. The minimum Gasteiger partial charge on any atom is -0.323 e. The molecule has 0 aromatic heterocycles. The van der Waals surface area contributed by atoms with E-state index in [1.807, 2.05) is 13.0 Å². The van der Waals surface area contributed by atoms with Crippen LogP contribution in [0.3, 0.4) is 0 Å². The Morgan fingerprint density at radius 3 is 2.89 bits per heavy atom. The molecule has 6 nitrogen and oxygen atoms in total. The van der Waals surface area contributed by atoms with Crippen LogP contribution in [0.5, 0.6) is 0 Å². The molecule has 7 heteroatoms. The summed E-state index contributed by atoms with van der Waals surface area (Å²) >= 11 is 0. The summed E-state index contributed by atoms with van der Waals surface area (Å²) in [5, 5.41) is 2.85. The van der Waals surface area contributed by atoms with E-state index in [4.69, 9.17) is 0 Å². The van der Waals surface area contributed by atoms with E-state index in [0.717, 1.165) is 36.1 Å². The number of hydrogen-bond acceptors (Lipinski definition) is 3. The van der Waals surface area contributed by atoms with Crippen molar-refractivity contribution in [2.24, 2.45) is 5.92 Å². The van der Waals surface area contributed by atoms with Gasteiger partial charge in [0.1, 0.15) is 17.9 Å². The van der Waals surface area contributed by atoms with Crippen molar-refractivity contribution < 1.29 is 18.8 Å². The first-order chi connectivity index (χ1) is 12.9. The highest BCUT2D eigenvalue weighted by Gasteiger charge is 2.55. The second-order valence-electron chi connectivity index (χ2n) is 7.84. The van der Waals surface area contributed by atoms with Gasteiger partial charge in [0.2, 0.25) is 5.91 Å². The molecule has 144 valence electrons. The molecule has 1 N–H and O–H groups in total. The van der Waals surface area contributed by atoms with Gasteiger partial charge in [-0.05, 0) is 43.2 Å². The highest BCUT2D eigenvalue weighted by molar-refractivity contribution is 6.10. The topological polar surface area (TPSA) is 69.7 Å². The van der Waals surface area contributed by atoms with Crippen LogP contribution >= 0.6 is 0 Å². The molecular formula is C20H24FN3O3. The van der Waals surface area contributed by atoms with Crippen molar-refractivity contribution in [3.63, 3.8) is 0 Å². The fourth-order valence-corrected chi connectivity index (χ4v) is 4.71. The molecule has 2 fully saturated rings. The number of urea groups is 1. The molecular weight excluding hydrogens is 349 g/mol. The number of benzene rings is 1. The molecule has 0 bridgehead atoms. The Balaban J connectivity index is 1.56. The van der Waals surface area contributed by atoms with Crippen LogP contribution in [-0.4, -0.2) is 41.4 Å². The van der Waals surface area contributed by atoms with Crippen LogP contribution in [-0.2, 0) is 16.0 Å². The quantitative estimate of drug-likeness (QED) is 0.810. The van der Waals surface area contributed by atoms with Gasteiger partial charge in [-0.2, -0.15) is 0 Å². The molecule has 4 amide bonds. The number of aryl methyl sites for hydroxylation is 1.